The Morgan fingerprint density at radius 3 is 2.57 bits per heavy atom. The van der Waals surface area contributed by atoms with E-state index in [-0.39, 0.29) is 12.1 Å². The Bertz CT molecular complexity index is 549. The monoisotopic (exact) mass is 318 g/mol. The Morgan fingerprint density at radius 1 is 1.22 bits per heavy atom. The SMILES string of the molecule is Cc1ccc(CNC2CCCC2NC(=O)OC(C)(C)C)c(C)c1. The van der Waals surface area contributed by atoms with Crippen LogP contribution < -0.4 is 10.6 Å². The minimum Gasteiger partial charge on any atom is -0.444 e. The molecule has 1 saturated carbocycles. The van der Waals surface area contributed by atoms with Crippen LogP contribution >= 0.6 is 0 Å². The first kappa shape index (κ1) is 17.8. The van der Waals surface area contributed by atoms with Crippen molar-refractivity contribution in [1.29, 1.82) is 0 Å². The Hall–Kier alpha value is -1.55. The van der Waals surface area contributed by atoms with Crippen molar-refractivity contribution in [2.45, 2.75) is 78.1 Å². The minimum absolute atomic E-state index is 0.149. The fraction of sp³-hybridized carbons (Fsp3) is 0.632. The maximum absolute atomic E-state index is 12.0. The topological polar surface area (TPSA) is 50.4 Å². The van der Waals surface area contributed by atoms with Gasteiger partial charge in [-0.1, -0.05) is 23.8 Å². The summed E-state index contributed by atoms with van der Waals surface area (Å²) >= 11 is 0. The predicted molar refractivity (Wildman–Crippen MR) is 93.6 cm³/mol. The second kappa shape index (κ2) is 7.35. The van der Waals surface area contributed by atoms with Crippen LogP contribution in [0.3, 0.4) is 0 Å². The van der Waals surface area contributed by atoms with Gasteiger partial charge in [-0.2, -0.15) is 0 Å². The molecule has 23 heavy (non-hydrogen) atoms. The lowest BCUT2D eigenvalue weighted by molar-refractivity contribution is 0.0498. The van der Waals surface area contributed by atoms with Crippen LogP contribution in [0.4, 0.5) is 4.79 Å². The lowest BCUT2D eigenvalue weighted by atomic mass is 10.0. The van der Waals surface area contributed by atoms with Gasteiger partial charge in [-0.15, -0.1) is 0 Å². The Kier molecular flexibility index (Phi) is 5.69. The van der Waals surface area contributed by atoms with E-state index in [1.807, 2.05) is 20.8 Å². The first-order valence-electron chi connectivity index (χ1n) is 8.53. The van der Waals surface area contributed by atoms with E-state index >= 15 is 0 Å². The largest absolute Gasteiger partial charge is 0.444 e. The first-order chi connectivity index (χ1) is 10.7. The van der Waals surface area contributed by atoms with Crippen molar-refractivity contribution in [3.63, 3.8) is 0 Å². The lowest BCUT2D eigenvalue weighted by Crippen LogP contribution is -2.47. The van der Waals surface area contributed by atoms with Crippen LogP contribution in [0, 0.1) is 13.8 Å². The molecule has 0 aliphatic heterocycles. The van der Waals surface area contributed by atoms with Gasteiger partial charge in [0.2, 0.25) is 0 Å². The predicted octanol–water partition coefficient (Wildman–Crippen LogP) is 3.84. The number of hydrogen-bond donors (Lipinski definition) is 2. The number of nitrogens with one attached hydrogen (secondary N) is 2. The summed E-state index contributed by atoms with van der Waals surface area (Å²) in [5.74, 6) is 0. The third kappa shape index (κ3) is 5.54. The van der Waals surface area contributed by atoms with Gasteiger partial charge in [0, 0.05) is 18.6 Å². The summed E-state index contributed by atoms with van der Waals surface area (Å²) in [5.41, 5.74) is 3.47. The van der Waals surface area contributed by atoms with Crippen LogP contribution in [0.5, 0.6) is 0 Å². The molecular formula is C19H30N2O2. The second-order valence-corrected chi connectivity index (χ2v) is 7.60. The molecule has 0 bridgehead atoms. The summed E-state index contributed by atoms with van der Waals surface area (Å²) in [6, 6.07) is 7.00. The highest BCUT2D eigenvalue weighted by Crippen LogP contribution is 2.21. The van der Waals surface area contributed by atoms with Crippen LogP contribution in [0.2, 0.25) is 0 Å². The van der Waals surface area contributed by atoms with Crippen molar-refractivity contribution in [1.82, 2.24) is 10.6 Å². The Morgan fingerprint density at radius 2 is 1.91 bits per heavy atom. The molecule has 1 aromatic rings. The minimum atomic E-state index is -0.454. The fourth-order valence-corrected chi connectivity index (χ4v) is 3.12. The van der Waals surface area contributed by atoms with Crippen LogP contribution in [0.15, 0.2) is 18.2 Å². The maximum atomic E-state index is 12.0. The molecule has 0 heterocycles. The van der Waals surface area contributed by atoms with E-state index in [1.165, 1.54) is 16.7 Å². The number of amides is 1. The molecule has 2 N–H and O–H groups in total. The Labute approximate surface area is 140 Å². The van der Waals surface area contributed by atoms with E-state index in [0.29, 0.717) is 6.04 Å². The van der Waals surface area contributed by atoms with Crippen molar-refractivity contribution in [2.75, 3.05) is 0 Å². The van der Waals surface area contributed by atoms with E-state index in [1.54, 1.807) is 0 Å². The van der Waals surface area contributed by atoms with Gasteiger partial charge in [0.1, 0.15) is 5.60 Å². The zero-order valence-electron chi connectivity index (χ0n) is 15.0. The van der Waals surface area contributed by atoms with Gasteiger partial charge in [-0.3, -0.25) is 0 Å². The molecule has 0 radical (unpaired) electrons. The third-order valence-corrected chi connectivity index (χ3v) is 4.27. The van der Waals surface area contributed by atoms with Gasteiger partial charge < -0.3 is 15.4 Å². The van der Waals surface area contributed by atoms with Crippen molar-refractivity contribution in [3.8, 4) is 0 Å². The molecule has 1 fully saturated rings. The van der Waals surface area contributed by atoms with E-state index in [2.05, 4.69) is 42.7 Å². The van der Waals surface area contributed by atoms with E-state index in [0.717, 1.165) is 25.8 Å². The molecule has 0 saturated heterocycles. The van der Waals surface area contributed by atoms with E-state index < -0.39 is 5.60 Å². The average molecular weight is 318 g/mol. The number of ether oxygens (including phenoxy) is 1. The molecule has 4 heteroatoms. The number of aryl methyl sites for hydroxylation is 2. The molecule has 1 aromatic carbocycles. The van der Waals surface area contributed by atoms with Gasteiger partial charge >= 0.3 is 6.09 Å². The molecule has 4 nitrogen and oxygen atoms in total. The molecule has 0 spiro atoms. The maximum Gasteiger partial charge on any atom is 0.407 e. The first-order valence-corrected chi connectivity index (χ1v) is 8.53. The number of rotatable bonds is 4. The van der Waals surface area contributed by atoms with Crippen molar-refractivity contribution < 1.29 is 9.53 Å². The van der Waals surface area contributed by atoms with Gasteiger partial charge in [-0.05, 0) is 65.0 Å². The summed E-state index contributed by atoms with van der Waals surface area (Å²) in [6.45, 7) is 10.8. The summed E-state index contributed by atoms with van der Waals surface area (Å²) in [5, 5.41) is 6.63. The molecule has 1 amide bonds. The number of carbonyl (C=O) groups is 1. The quantitative estimate of drug-likeness (QED) is 0.887. The van der Waals surface area contributed by atoms with Crippen LogP contribution in [-0.4, -0.2) is 23.8 Å². The van der Waals surface area contributed by atoms with Crippen molar-refractivity contribution in [3.05, 3.63) is 34.9 Å². The summed E-state index contributed by atoms with van der Waals surface area (Å²) < 4.78 is 5.37. The molecule has 2 atom stereocenters. The average Bonchev–Trinajstić information content (AvgIpc) is 2.82. The van der Waals surface area contributed by atoms with Crippen LogP contribution in [-0.2, 0) is 11.3 Å². The summed E-state index contributed by atoms with van der Waals surface area (Å²) in [4.78, 5) is 12.0. The third-order valence-electron chi connectivity index (χ3n) is 4.27. The highest BCUT2D eigenvalue weighted by molar-refractivity contribution is 5.68. The van der Waals surface area contributed by atoms with E-state index in [4.69, 9.17) is 4.74 Å². The number of alkyl carbamates (subject to hydrolysis) is 1. The molecule has 1 aliphatic rings. The van der Waals surface area contributed by atoms with Crippen LogP contribution in [0.25, 0.3) is 0 Å². The molecule has 2 rings (SSSR count). The Balaban J connectivity index is 1.88. The molecule has 1 aliphatic carbocycles. The van der Waals surface area contributed by atoms with E-state index in [9.17, 15) is 4.79 Å². The highest BCUT2D eigenvalue weighted by atomic mass is 16.6. The molecule has 2 unspecified atom stereocenters. The molecule has 128 valence electrons. The van der Waals surface area contributed by atoms with Crippen molar-refractivity contribution in [2.24, 2.45) is 0 Å². The van der Waals surface area contributed by atoms with Gasteiger partial charge in [0.25, 0.3) is 0 Å². The number of carbonyl (C=O) groups excluding carboxylic acids is 1. The fourth-order valence-electron chi connectivity index (χ4n) is 3.12. The normalized spacial score (nSPS) is 21.3. The molecular weight excluding hydrogens is 288 g/mol. The van der Waals surface area contributed by atoms with Gasteiger partial charge in [-0.25, -0.2) is 4.79 Å². The highest BCUT2D eigenvalue weighted by Gasteiger charge is 2.29. The van der Waals surface area contributed by atoms with Crippen molar-refractivity contribution >= 4 is 6.09 Å². The number of hydrogen-bond acceptors (Lipinski definition) is 3. The zero-order valence-corrected chi connectivity index (χ0v) is 15.0. The zero-order chi connectivity index (χ0) is 17.0. The van der Waals surface area contributed by atoms with Gasteiger partial charge in [0.05, 0.1) is 0 Å². The summed E-state index contributed by atoms with van der Waals surface area (Å²) in [6.07, 6.45) is 2.91. The van der Waals surface area contributed by atoms with Gasteiger partial charge in [0.15, 0.2) is 0 Å². The number of benzene rings is 1. The lowest BCUT2D eigenvalue weighted by Gasteiger charge is -2.25. The smallest absolute Gasteiger partial charge is 0.407 e. The second-order valence-electron chi connectivity index (χ2n) is 7.60. The molecule has 0 aromatic heterocycles. The standard InChI is InChI=1S/C19H30N2O2/c1-13-9-10-15(14(2)11-13)12-20-16-7-6-8-17(16)21-18(22)23-19(3,4)5/h9-11,16-17,20H,6-8,12H2,1-5H3,(H,21,22). The van der Waals surface area contributed by atoms with Crippen LogP contribution in [0.1, 0.15) is 56.7 Å². The summed E-state index contributed by atoms with van der Waals surface area (Å²) in [7, 11) is 0.